The normalized spacial score (nSPS) is 13.7. The summed E-state index contributed by atoms with van der Waals surface area (Å²) < 4.78 is 0. The lowest BCUT2D eigenvalue weighted by Gasteiger charge is -2.18. The Bertz CT molecular complexity index is 788. The highest BCUT2D eigenvalue weighted by Gasteiger charge is 2.25. The largest absolute Gasteiger partial charge is 0.355 e. The average Bonchev–Trinajstić information content (AvgIpc) is 2.48. The lowest BCUT2D eigenvalue weighted by atomic mass is 9.92. The fourth-order valence-corrected chi connectivity index (χ4v) is 2.40. The molecule has 0 saturated carbocycles. The van der Waals surface area contributed by atoms with Crippen LogP contribution in [0.5, 0.6) is 0 Å². The van der Waals surface area contributed by atoms with E-state index < -0.39 is 11.6 Å². The molecule has 0 heterocycles. The summed E-state index contributed by atoms with van der Waals surface area (Å²) in [6.45, 7) is 4.09. The summed E-state index contributed by atoms with van der Waals surface area (Å²) in [7, 11) is 0. The molecule has 0 saturated heterocycles. The van der Waals surface area contributed by atoms with Gasteiger partial charge in [0.15, 0.2) is 0 Å². The number of Topliss-reactive ketones (excluding diaryl/α,β-unsaturated/α-hetero) is 1. The second-order valence-electron chi connectivity index (χ2n) is 5.22. The van der Waals surface area contributed by atoms with Gasteiger partial charge in [-0.3, -0.25) is 9.59 Å². The van der Waals surface area contributed by atoms with Crippen LogP contribution in [0, 0.1) is 13.8 Å². The van der Waals surface area contributed by atoms with E-state index >= 15 is 0 Å². The van der Waals surface area contributed by atoms with Crippen LogP contribution in [0.3, 0.4) is 0 Å². The monoisotopic (exact) mass is 277 g/mol. The Morgan fingerprint density at radius 1 is 0.857 bits per heavy atom. The fourth-order valence-electron chi connectivity index (χ4n) is 2.40. The van der Waals surface area contributed by atoms with E-state index in [1.165, 1.54) is 17.2 Å². The van der Waals surface area contributed by atoms with Gasteiger partial charge in [-0.15, -0.1) is 0 Å². The predicted molar refractivity (Wildman–Crippen MR) is 83.3 cm³/mol. The standard InChI is InChI=1S/C18H15NO2/c1-11-7-8-13(9-12(11)2)19-16-10-17(20)18(21)15-6-4-3-5-14(15)16/h3-10,19H,1-2H3. The van der Waals surface area contributed by atoms with Crippen molar-refractivity contribution in [3.05, 3.63) is 70.8 Å². The average molecular weight is 277 g/mol. The minimum Gasteiger partial charge on any atom is -0.355 e. The van der Waals surface area contributed by atoms with E-state index in [0.717, 1.165) is 11.3 Å². The summed E-state index contributed by atoms with van der Waals surface area (Å²) in [6.07, 6.45) is 1.37. The molecule has 0 aromatic heterocycles. The Hall–Kier alpha value is -2.68. The van der Waals surface area contributed by atoms with Gasteiger partial charge in [-0.05, 0) is 37.1 Å². The van der Waals surface area contributed by atoms with Crippen molar-refractivity contribution in [3.8, 4) is 0 Å². The summed E-state index contributed by atoms with van der Waals surface area (Å²) in [5.74, 6) is -0.934. The number of anilines is 1. The van der Waals surface area contributed by atoms with Gasteiger partial charge in [-0.2, -0.15) is 0 Å². The number of ketones is 2. The van der Waals surface area contributed by atoms with Gasteiger partial charge in [0.25, 0.3) is 0 Å². The number of benzene rings is 2. The molecule has 0 radical (unpaired) electrons. The summed E-state index contributed by atoms with van der Waals surface area (Å²) in [5, 5.41) is 3.24. The van der Waals surface area contributed by atoms with E-state index in [2.05, 4.69) is 12.2 Å². The van der Waals surface area contributed by atoms with Crippen molar-refractivity contribution in [2.24, 2.45) is 0 Å². The van der Waals surface area contributed by atoms with Crippen LogP contribution >= 0.6 is 0 Å². The van der Waals surface area contributed by atoms with Crippen LogP contribution in [-0.2, 0) is 4.79 Å². The number of fused-ring (bicyclic) bond motifs is 1. The van der Waals surface area contributed by atoms with E-state index in [4.69, 9.17) is 0 Å². The molecule has 0 unspecified atom stereocenters. The molecule has 3 nitrogen and oxygen atoms in total. The highest BCUT2D eigenvalue weighted by Crippen LogP contribution is 2.27. The molecule has 0 spiro atoms. The minimum atomic E-state index is -0.486. The maximum atomic E-state index is 11.9. The van der Waals surface area contributed by atoms with Gasteiger partial charge >= 0.3 is 0 Å². The maximum absolute atomic E-state index is 11.9. The van der Waals surface area contributed by atoms with E-state index in [-0.39, 0.29) is 0 Å². The van der Waals surface area contributed by atoms with Crippen LogP contribution in [0.2, 0.25) is 0 Å². The Labute approximate surface area is 123 Å². The number of aryl methyl sites for hydroxylation is 2. The number of hydrogen-bond acceptors (Lipinski definition) is 3. The van der Waals surface area contributed by atoms with Gasteiger partial charge in [0.2, 0.25) is 11.6 Å². The number of carbonyl (C=O) groups excluding carboxylic acids is 2. The zero-order valence-corrected chi connectivity index (χ0v) is 11.9. The molecule has 0 amide bonds. The molecular weight excluding hydrogens is 262 g/mol. The third kappa shape index (κ3) is 2.38. The molecule has 0 bridgehead atoms. The molecule has 21 heavy (non-hydrogen) atoms. The van der Waals surface area contributed by atoms with Crippen molar-refractivity contribution in [2.45, 2.75) is 13.8 Å². The van der Waals surface area contributed by atoms with E-state index in [9.17, 15) is 9.59 Å². The van der Waals surface area contributed by atoms with E-state index in [0.29, 0.717) is 11.3 Å². The van der Waals surface area contributed by atoms with Gasteiger partial charge in [0, 0.05) is 22.9 Å². The summed E-state index contributed by atoms with van der Waals surface area (Å²) in [4.78, 5) is 23.7. The topological polar surface area (TPSA) is 46.2 Å². The molecule has 3 heteroatoms. The van der Waals surface area contributed by atoms with Crippen molar-refractivity contribution < 1.29 is 9.59 Å². The third-order valence-electron chi connectivity index (χ3n) is 3.75. The third-order valence-corrected chi connectivity index (χ3v) is 3.75. The smallest absolute Gasteiger partial charge is 0.233 e. The van der Waals surface area contributed by atoms with Gasteiger partial charge in [-0.1, -0.05) is 30.3 Å². The van der Waals surface area contributed by atoms with Crippen LogP contribution in [0.25, 0.3) is 5.70 Å². The first-order valence-electron chi connectivity index (χ1n) is 6.80. The summed E-state index contributed by atoms with van der Waals surface area (Å²) in [5.41, 5.74) is 5.17. The molecule has 3 rings (SSSR count). The zero-order chi connectivity index (χ0) is 15.0. The van der Waals surface area contributed by atoms with Crippen LogP contribution < -0.4 is 5.32 Å². The van der Waals surface area contributed by atoms with Crippen molar-refractivity contribution >= 4 is 23.0 Å². The van der Waals surface area contributed by atoms with E-state index in [1.54, 1.807) is 12.1 Å². The number of rotatable bonds is 2. The Kier molecular flexibility index (Phi) is 3.18. The summed E-state index contributed by atoms with van der Waals surface area (Å²) >= 11 is 0. The molecule has 1 aliphatic carbocycles. The van der Waals surface area contributed by atoms with Crippen molar-refractivity contribution in [3.63, 3.8) is 0 Å². The molecule has 0 fully saturated rings. The van der Waals surface area contributed by atoms with Crippen LogP contribution in [-0.4, -0.2) is 11.6 Å². The highest BCUT2D eigenvalue weighted by atomic mass is 16.2. The Morgan fingerprint density at radius 3 is 2.29 bits per heavy atom. The number of nitrogens with one attached hydrogen (secondary N) is 1. The first kappa shape index (κ1) is 13.3. The zero-order valence-electron chi connectivity index (χ0n) is 11.9. The molecular formula is C18H15NO2. The molecule has 2 aromatic carbocycles. The SMILES string of the molecule is Cc1ccc(NC2=CC(=O)C(=O)c3ccccc32)cc1C. The molecule has 0 aliphatic heterocycles. The molecule has 1 aliphatic rings. The van der Waals surface area contributed by atoms with Crippen molar-refractivity contribution in [1.29, 1.82) is 0 Å². The van der Waals surface area contributed by atoms with Crippen LogP contribution in [0.15, 0.2) is 48.5 Å². The van der Waals surface area contributed by atoms with Gasteiger partial charge < -0.3 is 5.32 Å². The van der Waals surface area contributed by atoms with Gasteiger partial charge in [-0.25, -0.2) is 0 Å². The fraction of sp³-hybridized carbons (Fsp3) is 0.111. The quantitative estimate of drug-likeness (QED) is 0.854. The Morgan fingerprint density at radius 2 is 1.57 bits per heavy atom. The number of allylic oxidation sites excluding steroid dienone is 1. The lowest BCUT2D eigenvalue weighted by Crippen LogP contribution is -2.20. The predicted octanol–water partition coefficient (Wildman–Crippen LogP) is 3.52. The highest BCUT2D eigenvalue weighted by molar-refractivity contribution is 6.50. The van der Waals surface area contributed by atoms with Gasteiger partial charge in [0.05, 0.1) is 5.70 Å². The molecule has 0 atom stereocenters. The van der Waals surface area contributed by atoms with Crippen molar-refractivity contribution in [1.82, 2.24) is 0 Å². The first-order valence-corrected chi connectivity index (χ1v) is 6.80. The number of carbonyl (C=O) groups is 2. The molecule has 1 N–H and O–H groups in total. The second kappa shape index (κ2) is 5.02. The van der Waals surface area contributed by atoms with Gasteiger partial charge in [0.1, 0.15) is 0 Å². The second-order valence-corrected chi connectivity index (χ2v) is 5.22. The number of hydrogen-bond donors (Lipinski definition) is 1. The van der Waals surface area contributed by atoms with Crippen LogP contribution in [0.1, 0.15) is 27.0 Å². The first-order chi connectivity index (χ1) is 10.1. The molecule has 2 aromatic rings. The minimum absolute atomic E-state index is 0.448. The van der Waals surface area contributed by atoms with E-state index in [1.807, 2.05) is 37.3 Å². The maximum Gasteiger partial charge on any atom is 0.233 e. The van der Waals surface area contributed by atoms with Crippen molar-refractivity contribution in [2.75, 3.05) is 5.32 Å². The van der Waals surface area contributed by atoms with Crippen LogP contribution in [0.4, 0.5) is 5.69 Å². The Balaban J connectivity index is 2.02. The summed E-state index contributed by atoms with van der Waals surface area (Å²) in [6, 6.07) is 13.2. The lowest BCUT2D eigenvalue weighted by molar-refractivity contribution is -0.111. The molecule has 104 valence electrons.